The first-order valence-electron chi connectivity index (χ1n) is 4.23. The first-order valence-corrected chi connectivity index (χ1v) is 4.67. The smallest absolute Gasteiger partial charge is 0.101 e. The highest BCUT2D eigenvalue weighted by Crippen LogP contribution is 2.19. The number of thiol groups is 1. The third-order valence-electron chi connectivity index (χ3n) is 1.91. The van der Waals surface area contributed by atoms with E-state index in [4.69, 9.17) is 5.26 Å². The summed E-state index contributed by atoms with van der Waals surface area (Å²) < 4.78 is -0.560. The fourth-order valence-electron chi connectivity index (χ4n) is 1.14. The summed E-state index contributed by atoms with van der Waals surface area (Å²) in [5.41, 5.74) is 2.39. The third-order valence-corrected chi connectivity index (χ3v) is 2.17. The third kappa shape index (κ3) is 3.12. The van der Waals surface area contributed by atoms with Gasteiger partial charge >= 0.3 is 0 Å². The van der Waals surface area contributed by atoms with Crippen LogP contribution in [-0.2, 0) is 6.42 Å². The molecule has 0 aromatic heterocycles. The van der Waals surface area contributed by atoms with Crippen LogP contribution in [0.2, 0.25) is 0 Å². The Bertz CT molecular complexity index is 319. The number of rotatable bonds is 2. The van der Waals surface area contributed by atoms with Gasteiger partial charge < -0.3 is 0 Å². The van der Waals surface area contributed by atoms with Crippen LogP contribution in [0.4, 0.5) is 0 Å². The van der Waals surface area contributed by atoms with E-state index in [-0.39, 0.29) is 0 Å². The molecule has 0 aliphatic rings. The topological polar surface area (TPSA) is 23.8 Å². The standard InChI is InChI=1S/C11H13NS/c1-9-3-5-10(6-4-9)7-11(2,13)8-12/h3-6,13H,7H2,1-2H3. The van der Waals surface area contributed by atoms with Gasteiger partial charge in [0.05, 0.1) is 6.07 Å². The van der Waals surface area contributed by atoms with E-state index in [2.05, 4.69) is 30.8 Å². The molecule has 0 aliphatic heterocycles. The molecule has 1 rings (SSSR count). The van der Waals surface area contributed by atoms with Crippen LogP contribution in [0.15, 0.2) is 24.3 Å². The van der Waals surface area contributed by atoms with Crippen molar-refractivity contribution in [2.24, 2.45) is 0 Å². The minimum Gasteiger partial charge on any atom is -0.197 e. The van der Waals surface area contributed by atoms with Gasteiger partial charge in [-0.3, -0.25) is 0 Å². The SMILES string of the molecule is Cc1ccc(CC(C)(S)C#N)cc1. The molecule has 0 fully saturated rings. The average molecular weight is 191 g/mol. The van der Waals surface area contributed by atoms with Gasteiger partial charge in [-0.1, -0.05) is 29.8 Å². The zero-order valence-corrected chi connectivity index (χ0v) is 8.81. The largest absolute Gasteiger partial charge is 0.197 e. The minimum atomic E-state index is -0.560. The number of hydrogen-bond acceptors (Lipinski definition) is 2. The molecule has 1 aromatic rings. The Balaban J connectivity index is 2.77. The Labute approximate surface area is 84.8 Å². The summed E-state index contributed by atoms with van der Waals surface area (Å²) in [7, 11) is 0. The maximum atomic E-state index is 8.78. The molecule has 13 heavy (non-hydrogen) atoms. The number of hydrogen-bond donors (Lipinski definition) is 1. The Morgan fingerprint density at radius 3 is 2.38 bits per heavy atom. The maximum Gasteiger partial charge on any atom is 0.101 e. The molecule has 0 spiro atoms. The Hall–Kier alpha value is -0.940. The van der Waals surface area contributed by atoms with Gasteiger partial charge in [-0.05, 0) is 25.8 Å². The predicted molar refractivity (Wildman–Crippen MR) is 57.9 cm³/mol. The minimum absolute atomic E-state index is 0.560. The number of aryl methyl sites for hydroxylation is 1. The molecule has 1 nitrogen and oxygen atoms in total. The van der Waals surface area contributed by atoms with Crippen LogP contribution in [-0.4, -0.2) is 4.75 Å². The molecule has 0 saturated carbocycles. The van der Waals surface area contributed by atoms with E-state index in [0.717, 1.165) is 5.56 Å². The van der Waals surface area contributed by atoms with Gasteiger partial charge in [0.1, 0.15) is 4.75 Å². The van der Waals surface area contributed by atoms with E-state index >= 15 is 0 Å². The lowest BCUT2D eigenvalue weighted by Gasteiger charge is -2.13. The van der Waals surface area contributed by atoms with E-state index in [0.29, 0.717) is 6.42 Å². The fourth-order valence-corrected chi connectivity index (χ4v) is 1.33. The quantitative estimate of drug-likeness (QED) is 0.714. The van der Waals surface area contributed by atoms with Gasteiger partial charge in [-0.2, -0.15) is 17.9 Å². The van der Waals surface area contributed by atoms with Crippen molar-refractivity contribution < 1.29 is 0 Å². The summed E-state index contributed by atoms with van der Waals surface area (Å²) in [6, 6.07) is 10.4. The molecule has 0 amide bonds. The van der Waals surface area contributed by atoms with Crippen molar-refractivity contribution in [2.75, 3.05) is 0 Å². The highest BCUT2D eigenvalue weighted by molar-refractivity contribution is 7.82. The van der Waals surface area contributed by atoms with E-state index < -0.39 is 4.75 Å². The summed E-state index contributed by atoms with van der Waals surface area (Å²) in [6.07, 6.45) is 0.687. The fraction of sp³-hybridized carbons (Fsp3) is 0.364. The Morgan fingerprint density at radius 2 is 1.92 bits per heavy atom. The lowest BCUT2D eigenvalue weighted by molar-refractivity contribution is 0.803. The van der Waals surface area contributed by atoms with E-state index in [9.17, 15) is 0 Å². The lowest BCUT2D eigenvalue weighted by atomic mass is 10.0. The van der Waals surface area contributed by atoms with E-state index in [1.54, 1.807) is 0 Å². The van der Waals surface area contributed by atoms with Crippen LogP contribution >= 0.6 is 12.6 Å². The second-order valence-corrected chi connectivity index (χ2v) is 4.54. The van der Waals surface area contributed by atoms with Crippen LogP contribution in [0.25, 0.3) is 0 Å². The Kier molecular flexibility index (Phi) is 3.00. The van der Waals surface area contributed by atoms with Crippen LogP contribution in [0, 0.1) is 18.3 Å². The van der Waals surface area contributed by atoms with Crippen molar-refractivity contribution in [1.29, 1.82) is 5.26 Å². The average Bonchev–Trinajstić information content (AvgIpc) is 2.09. The number of nitrogens with zero attached hydrogens (tertiary/aromatic N) is 1. The highest BCUT2D eigenvalue weighted by Gasteiger charge is 2.17. The lowest BCUT2D eigenvalue weighted by Crippen LogP contribution is -2.16. The Morgan fingerprint density at radius 1 is 1.38 bits per heavy atom. The van der Waals surface area contributed by atoms with Gasteiger partial charge in [0.15, 0.2) is 0 Å². The molecule has 1 aromatic carbocycles. The molecule has 0 aliphatic carbocycles. The zero-order valence-electron chi connectivity index (χ0n) is 7.91. The molecule has 2 heteroatoms. The molecule has 68 valence electrons. The molecular weight excluding hydrogens is 178 g/mol. The predicted octanol–water partition coefficient (Wildman–Crippen LogP) is 2.75. The van der Waals surface area contributed by atoms with Gasteiger partial charge in [0.2, 0.25) is 0 Å². The van der Waals surface area contributed by atoms with Crippen molar-refractivity contribution in [1.82, 2.24) is 0 Å². The highest BCUT2D eigenvalue weighted by atomic mass is 32.1. The van der Waals surface area contributed by atoms with E-state index in [1.165, 1.54) is 5.56 Å². The van der Waals surface area contributed by atoms with Crippen molar-refractivity contribution in [3.8, 4) is 6.07 Å². The van der Waals surface area contributed by atoms with E-state index in [1.807, 2.05) is 26.0 Å². The second-order valence-electron chi connectivity index (χ2n) is 3.55. The molecule has 0 heterocycles. The van der Waals surface area contributed by atoms with Crippen molar-refractivity contribution in [2.45, 2.75) is 25.0 Å². The van der Waals surface area contributed by atoms with Crippen LogP contribution < -0.4 is 0 Å². The molecular formula is C11H13NS. The molecule has 1 unspecified atom stereocenters. The van der Waals surface area contributed by atoms with Gasteiger partial charge in [0, 0.05) is 0 Å². The summed E-state index contributed by atoms with van der Waals surface area (Å²) in [5.74, 6) is 0. The van der Waals surface area contributed by atoms with Gasteiger partial charge in [-0.15, -0.1) is 0 Å². The normalized spacial score (nSPS) is 14.6. The summed E-state index contributed by atoms with van der Waals surface area (Å²) >= 11 is 4.26. The number of benzene rings is 1. The van der Waals surface area contributed by atoms with Crippen molar-refractivity contribution >= 4 is 12.6 Å². The first-order chi connectivity index (χ1) is 6.03. The first kappa shape index (κ1) is 10.1. The monoisotopic (exact) mass is 191 g/mol. The molecule has 0 bridgehead atoms. The summed E-state index contributed by atoms with van der Waals surface area (Å²) in [4.78, 5) is 0. The maximum absolute atomic E-state index is 8.78. The molecule has 0 saturated heterocycles. The second kappa shape index (κ2) is 3.85. The summed E-state index contributed by atoms with van der Waals surface area (Å²) in [5, 5.41) is 8.78. The van der Waals surface area contributed by atoms with Crippen LogP contribution in [0.5, 0.6) is 0 Å². The van der Waals surface area contributed by atoms with Crippen LogP contribution in [0.1, 0.15) is 18.1 Å². The van der Waals surface area contributed by atoms with Crippen LogP contribution in [0.3, 0.4) is 0 Å². The van der Waals surface area contributed by atoms with Crippen molar-refractivity contribution in [3.05, 3.63) is 35.4 Å². The van der Waals surface area contributed by atoms with Crippen molar-refractivity contribution in [3.63, 3.8) is 0 Å². The zero-order chi connectivity index (χ0) is 9.90. The van der Waals surface area contributed by atoms with Gasteiger partial charge in [0.25, 0.3) is 0 Å². The van der Waals surface area contributed by atoms with Gasteiger partial charge in [-0.25, -0.2) is 0 Å². The summed E-state index contributed by atoms with van der Waals surface area (Å²) in [6.45, 7) is 3.88. The molecule has 1 atom stereocenters. The molecule has 0 N–H and O–H groups in total. The molecule has 0 radical (unpaired) electrons. The number of nitriles is 1.